The Morgan fingerprint density at radius 2 is 0.707 bits per heavy atom. The van der Waals surface area contributed by atoms with E-state index in [0.29, 0.717) is 0 Å². The molecule has 0 fully saturated rings. The van der Waals surface area contributed by atoms with Gasteiger partial charge in [0.2, 0.25) is 0 Å². The van der Waals surface area contributed by atoms with Crippen LogP contribution in [0.15, 0.2) is 243 Å². The zero-order chi connectivity index (χ0) is 55.3. The fourth-order valence-corrected chi connectivity index (χ4v) is 12.7. The summed E-state index contributed by atoms with van der Waals surface area (Å²) in [5, 5.41) is 7.38. The number of hydrogen-bond acceptors (Lipinski definition) is 4. The highest BCUT2D eigenvalue weighted by Gasteiger charge is 2.20. The number of hydrogen-bond donors (Lipinski definition) is 0. The first-order valence-corrected chi connectivity index (χ1v) is 28.6. The molecule has 9 aromatic carbocycles. The molecule has 15 rings (SSSR count). The first-order valence-electron chi connectivity index (χ1n) is 28.6. The van der Waals surface area contributed by atoms with Crippen molar-refractivity contribution in [1.29, 1.82) is 0 Å². The van der Waals surface area contributed by atoms with Gasteiger partial charge in [0.05, 0.1) is 67.4 Å². The summed E-state index contributed by atoms with van der Waals surface area (Å²) in [7, 11) is 3.61. The third-order valence-corrected chi connectivity index (χ3v) is 16.7. The summed E-state index contributed by atoms with van der Waals surface area (Å²) < 4.78 is 21.0. The van der Waals surface area contributed by atoms with Crippen LogP contribution in [-0.2, 0) is 22.3 Å². The average Bonchev–Trinajstić information content (AvgIpc) is 4.03. The van der Waals surface area contributed by atoms with Gasteiger partial charge in [-0.05, 0) is 157 Å². The number of rotatable bonds is 13. The quantitative estimate of drug-likeness (QED) is 0.115. The van der Waals surface area contributed by atoms with Gasteiger partial charge in [0, 0.05) is 81.7 Å². The zero-order valence-electron chi connectivity index (χ0n) is 46.6. The summed E-state index contributed by atoms with van der Waals surface area (Å²) in [6, 6.07) is 83.1. The second-order valence-corrected chi connectivity index (χ2v) is 21.4. The highest BCUT2D eigenvalue weighted by atomic mass is 16.5. The molecule has 2 unspecified atom stereocenters. The van der Waals surface area contributed by atoms with Crippen molar-refractivity contribution in [3.05, 3.63) is 254 Å². The molecule has 82 heavy (non-hydrogen) atoms. The van der Waals surface area contributed by atoms with Gasteiger partial charge in [-0.25, -0.2) is 0 Å². The smallest absolute Gasteiger partial charge is 0.0963 e. The minimum absolute atomic E-state index is 0.151. The van der Waals surface area contributed by atoms with Gasteiger partial charge in [-0.1, -0.05) is 135 Å². The van der Waals surface area contributed by atoms with Gasteiger partial charge < -0.3 is 27.7 Å². The maximum absolute atomic E-state index is 5.81. The molecule has 2 atom stereocenters. The van der Waals surface area contributed by atoms with Gasteiger partial charge >= 0.3 is 0 Å². The number of para-hydroxylation sites is 5. The first-order chi connectivity index (χ1) is 40.5. The van der Waals surface area contributed by atoms with E-state index in [4.69, 9.17) is 19.4 Å². The molecule has 0 spiro atoms. The van der Waals surface area contributed by atoms with Crippen LogP contribution in [0, 0.1) is 0 Å². The van der Waals surface area contributed by atoms with E-state index in [-0.39, 0.29) is 12.2 Å². The summed E-state index contributed by atoms with van der Waals surface area (Å²) in [4.78, 5) is 9.51. The maximum Gasteiger partial charge on any atom is 0.0963 e. The number of fused-ring (bicyclic) bond motifs is 12. The van der Waals surface area contributed by atoms with Crippen LogP contribution in [0.2, 0.25) is 0 Å². The molecular formula is C74H62N6O2. The van der Waals surface area contributed by atoms with Crippen molar-refractivity contribution in [1.82, 2.24) is 28.2 Å². The van der Waals surface area contributed by atoms with E-state index in [1.54, 1.807) is 14.2 Å². The van der Waals surface area contributed by atoms with Gasteiger partial charge in [0.25, 0.3) is 0 Å². The van der Waals surface area contributed by atoms with Crippen LogP contribution in [-0.4, -0.2) is 54.7 Å². The lowest BCUT2D eigenvalue weighted by Gasteiger charge is -2.18. The van der Waals surface area contributed by atoms with E-state index in [0.717, 1.165) is 80.9 Å². The minimum Gasteiger partial charge on any atom is -0.381 e. The van der Waals surface area contributed by atoms with E-state index in [2.05, 4.69) is 251 Å². The molecule has 0 bridgehead atoms. The Balaban J connectivity index is 0.000000148. The predicted molar refractivity (Wildman–Crippen MR) is 341 cm³/mol. The Hall–Kier alpha value is -9.60. The van der Waals surface area contributed by atoms with E-state index < -0.39 is 0 Å². The van der Waals surface area contributed by atoms with Crippen LogP contribution >= 0.6 is 0 Å². The number of ether oxygens (including phenoxy) is 2. The van der Waals surface area contributed by atoms with Gasteiger partial charge in [-0.3, -0.25) is 9.97 Å². The van der Waals surface area contributed by atoms with Gasteiger partial charge in [-0.2, -0.15) is 0 Å². The largest absolute Gasteiger partial charge is 0.381 e. The second-order valence-electron chi connectivity index (χ2n) is 21.4. The van der Waals surface area contributed by atoms with Crippen LogP contribution in [0.25, 0.3) is 121 Å². The molecule has 6 aromatic heterocycles. The molecule has 15 aromatic rings. The fourth-order valence-electron chi connectivity index (χ4n) is 12.7. The van der Waals surface area contributed by atoms with Crippen LogP contribution < -0.4 is 0 Å². The predicted octanol–water partition coefficient (Wildman–Crippen LogP) is 18.2. The molecule has 0 saturated carbocycles. The Morgan fingerprint density at radius 3 is 1.22 bits per heavy atom. The summed E-state index contributed by atoms with van der Waals surface area (Å²) >= 11 is 0. The maximum atomic E-state index is 5.81. The molecule has 0 aliphatic rings. The van der Waals surface area contributed by atoms with E-state index in [1.807, 2.05) is 24.5 Å². The summed E-state index contributed by atoms with van der Waals surface area (Å²) in [6.45, 7) is 4.36. The Kier molecular flexibility index (Phi) is 13.2. The van der Waals surface area contributed by atoms with Crippen molar-refractivity contribution in [2.75, 3.05) is 14.2 Å². The third kappa shape index (κ3) is 8.79. The SMILES string of the molecule is CCC(Cc1cc(-n2c3ccccc3c3ncccc32)cc(-n2c3ccccc3c3ncccc32)c1)OC.CCC(Cc1cccc(-n2c3ccccc3c3cc(-c4cccc(-n5c6ccccc6c6ccccc65)c4)ccc32)c1)OC. The first kappa shape index (κ1) is 50.6. The van der Waals surface area contributed by atoms with E-state index in [9.17, 15) is 0 Å². The molecule has 0 saturated heterocycles. The molecule has 400 valence electrons. The van der Waals surface area contributed by atoms with Crippen molar-refractivity contribution in [3.8, 4) is 33.9 Å². The fraction of sp³-hybridized carbons (Fsp3) is 0.135. The van der Waals surface area contributed by atoms with Crippen LogP contribution in [0.1, 0.15) is 37.8 Å². The van der Waals surface area contributed by atoms with Gasteiger partial charge in [0.15, 0.2) is 0 Å². The Labute approximate surface area is 476 Å². The lowest BCUT2D eigenvalue weighted by Crippen LogP contribution is -2.13. The van der Waals surface area contributed by atoms with Crippen molar-refractivity contribution in [2.45, 2.75) is 51.7 Å². The molecule has 0 aliphatic heterocycles. The van der Waals surface area contributed by atoms with Crippen LogP contribution in [0.3, 0.4) is 0 Å². The molecule has 6 heterocycles. The topological polar surface area (TPSA) is 64.0 Å². The van der Waals surface area contributed by atoms with Crippen LogP contribution in [0.5, 0.6) is 0 Å². The lowest BCUT2D eigenvalue weighted by atomic mass is 10.0. The van der Waals surface area contributed by atoms with Crippen molar-refractivity contribution < 1.29 is 9.47 Å². The number of nitrogens with zero attached hydrogens (tertiary/aromatic N) is 6. The number of aromatic nitrogens is 6. The standard InChI is InChI=1S/C41H34N2O.C33H28N4O/c1-3-33(44-2)25-28-12-10-14-31(24-28)42-40-21-9-6-18-36(40)37-27-30(22-23-41(37)42)29-13-11-15-32(26-29)43-38-19-7-4-16-34(38)35-17-5-8-20-39(35)43;1-3-25(38-2)20-22-18-23(36-28-12-6-4-10-26(28)32-30(36)14-8-16-34-32)21-24(19-22)37-29-13-7-5-11-27(29)33-31(37)15-9-17-35-33/h4-24,26-27,33H,3,25H2,1-2H3;4-19,21,25H,3,20H2,1-2H3. The molecule has 0 aliphatic carbocycles. The minimum atomic E-state index is 0.151. The third-order valence-electron chi connectivity index (χ3n) is 16.7. The number of pyridine rings is 2. The van der Waals surface area contributed by atoms with Crippen molar-refractivity contribution in [3.63, 3.8) is 0 Å². The molecular weight excluding hydrogens is 1000 g/mol. The van der Waals surface area contributed by atoms with E-state index >= 15 is 0 Å². The normalized spacial score (nSPS) is 12.6. The van der Waals surface area contributed by atoms with Gasteiger partial charge in [0.1, 0.15) is 0 Å². The Morgan fingerprint density at radius 1 is 0.317 bits per heavy atom. The average molecular weight is 1070 g/mol. The van der Waals surface area contributed by atoms with E-state index in [1.165, 1.54) is 77.2 Å². The van der Waals surface area contributed by atoms with Crippen molar-refractivity contribution >= 4 is 87.5 Å². The van der Waals surface area contributed by atoms with Crippen LogP contribution in [0.4, 0.5) is 0 Å². The summed E-state index contributed by atoms with van der Waals surface area (Å²) in [6.07, 6.45) is 7.81. The number of methoxy groups -OCH3 is 2. The Bertz CT molecular complexity index is 4560. The monoisotopic (exact) mass is 1070 g/mol. The molecule has 8 heteroatoms. The molecule has 0 radical (unpaired) electrons. The second kappa shape index (κ2) is 21.5. The molecule has 0 N–H and O–H groups in total. The highest BCUT2D eigenvalue weighted by Crippen LogP contribution is 2.39. The van der Waals surface area contributed by atoms with Crippen molar-refractivity contribution in [2.24, 2.45) is 0 Å². The summed E-state index contributed by atoms with van der Waals surface area (Å²) in [5.74, 6) is 0. The zero-order valence-corrected chi connectivity index (χ0v) is 46.6. The lowest BCUT2D eigenvalue weighted by molar-refractivity contribution is 0.0997. The molecule has 8 nitrogen and oxygen atoms in total. The van der Waals surface area contributed by atoms with Gasteiger partial charge in [-0.15, -0.1) is 0 Å². The molecule has 0 amide bonds. The highest BCUT2D eigenvalue weighted by molar-refractivity contribution is 6.12. The number of benzene rings is 9. The summed E-state index contributed by atoms with van der Waals surface area (Å²) in [5.41, 5.74) is 20.9.